The van der Waals surface area contributed by atoms with E-state index in [1.807, 2.05) is 6.08 Å². The zero-order valence-electron chi connectivity index (χ0n) is 36.2. The third kappa shape index (κ3) is 25.9. The molecule has 0 N–H and O–H groups in total. The first kappa shape index (κ1) is 49.3. The zero-order valence-corrected chi connectivity index (χ0v) is 36.2. The molecule has 0 aromatic carbocycles. The van der Waals surface area contributed by atoms with Crippen LogP contribution in [0.2, 0.25) is 0 Å². The first-order chi connectivity index (χ1) is 26.9. The summed E-state index contributed by atoms with van der Waals surface area (Å²) in [6.07, 6.45) is 34.6. The van der Waals surface area contributed by atoms with Crippen molar-refractivity contribution in [3.05, 3.63) is 24.1 Å². The molecule has 0 aromatic heterocycles. The Balaban J connectivity index is 1.55. The van der Waals surface area contributed by atoms with Crippen LogP contribution in [-0.4, -0.2) is 68.2 Å². The van der Waals surface area contributed by atoms with Gasteiger partial charge >= 0.3 is 11.9 Å². The fourth-order valence-electron chi connectivity index (χ4n) is 8.12. The van der Waals surface area contributed by atoms with Crippen molar-refractivity contribution in [3.8, 4) is 0 Å². The first-order valence-electron chi connectivity index (χ1n) is 23.4. The maximum Gasteiger partial charge on any atom is 0.306 e. The monoisotopic (exact) mass is 772 g/mol. The molecule has 7 heteroatoms. The largest absolute Gasteiger partial charge is 0.466 e. The first-order valence-corrected chi connectivity index (χ1v) is 23.4. The Morgan fingerprint density at radius 3 is 1.80 bits per heavy atom. The van der Waals surface area contributed by atoms with Crippen LogP contribution in [0.15, 0.2) is 24.1 Å². The average Bonchev–Trinajstić information content (AvgIpc) is 3.86. The molecule has 0 amide bonds. The minimum Gasteiger partial charge on any atom is -0.466 e. The van der Waals surface area contributed by atoms with Crippen LogP contribution in [-0.2, 0) is 28.5 Å². The van der Waals surface area contributed by atoms with Gasteiger partial charge in [-0.05, 0) is 88.9 Å². The molecule has 0 aromatic rings. The number of carbonyl (C=O) groups is 2. The number of hydrogen-bond acceptors (Lipinski definition) is 7. The molecular weight excluding hydrogens is 687 g/mol. The van der Waals surface area contributed by atoms with E-state index in [9.17, 15) is 9.59 Å². The van der Waals surface area contributed by atoms with Gasteiger partial charge in [-0.3, -0.25) is 9.59 Å². The fourth-order valence-corrected chi connectivity index (χ4v) is 8.12. The number of ether oxygens (including phenoxy) is 4. The van der Waals surface area contributed by atoms with Gasteiger partial charge in [-0.1, -0.05) is 141 Å². The summed E-state index contributed by atoms with van der Waals surface area (Å²) in [4.78, 5) is 26.9. The fraction of sp³-hybridized carbons (Fsp3) is 0.875. The number of likely N-dealkylation sites (tertiary alicyclic amines) is 1. The summed E-state index contributed by atoms with van der Waals surface area (Å²) in [7, 11) is 0. The van der Waals surface area contributed by atoms with Crippen molar-refractivity contribution in [1.82, 2.24) is 4.90 Å². The lowest BCUT2D eigenvalue weighted by Crippen LogP contribution is -2.32. The number of carbonyl (C=O) groups excluding carboxylic acids is 2. The highest BCUT2D eigenvalue weighted by atomic mass is 16.7. The lowest BCUT2D eigenvalue weighted by molar-refractivity contribution is -0.180. The van der Waals surface area contributed by atoms with Crippen molar-refractivity contribution in [2.24, 2.45) is 11.8 Å². The van der Waals surface area contributed by atoms with E-state index in [4.69, 9.17) is 18.9 Å². The van der Waals surface area contributed by atoms with Crippen LogP contribution in [0.1, 0.15) is 207 Å². The Kier molecular flexibility index (Phi) is 29.7. The highest BCUT2D eigenvalue weighted by Gasteiger charge is 2.40. The highest BCUT2D eigenvalue weighted by molar-refractivity contribution is 5.70. The Bertz CT molecular complexity index is 1050. The predicted octanol–water partition coefficient (Wildman–Crippen LogP) is 12.6. The van der Waals surface area contributed by atoms with Gasteiger partial charge in [0.2, 0.25) is 0 Å². The maximum atomic E-state index is 12.3. The maximum absolute atomic E-state index is 12.3. The Morgan fingerprint density at radius 1 is 0.745 bits per heavy atom. The van der Waals surface area contributed by atoms with Gasteiger partial charge in [0.25, 0.3) is 0 Å². The molecule has 0 saturated carbocycles. The minimum absolute atomic E-state index is 0.0204. The molecule has 318 valence electrons. The molecule has 2 fully saturated rings. The second-order valence-electron chi connectivity index (χ2n) is 16.9. The second-order valence-corrected chi connectivity index (χ2v) is 16.9. The van der Waals surface area contributed by atoms with Gasteiger partial charge in [0.05, 0.1) is 32.3 Å². The van der Waals surface area contributed by atoms with E-state index in [1.54, 1.807) is 0 Å². The highest BCUT2D eigenvalue weighted by Crippen LogP contribution is 2.36. The molecule has 7 nitrogen and oxygen atoms in total. The summed E-state index contributed by atoms with van der Waals surface area (Å²) in [5, 5.41) is 0. The third-order valence-corrected chi connectivity index (χ3v) is 11.7. The number of allylic oxidation sites excluding steroid dienone is 1. The molecule has 0 bridgehead atoms. The van der Waals surface area contributed by atoms with Gasteiger partial charge in [0.1, 0.15) is 0 Å². The standard InChI is InChI=1S/C48H85NO6/c1-5-8-29-43(4)40-46(50)52-38-27-21-17-13-11-15-19-23-33-48(54-42-45(55-48)32-37-49-35-25-26-36-49)34-24-20-16-12-14-18-22-28-39-53-47(51)41-44(30-9-6-2)31-10-7-3/h30,43-45H,2,5,7-8,10-29,31-42H2,1,3-4H3. The van der Waals surface area contributed by atoms with Crippen LogP contribution < -0.4 is 0 Å². The van der Waals surface area contributed by atoms with Crippen LogP contribution in [0, 0.1) is 11.8 Å². The second kappa shape index (κ2) is 33.1. The van der Waals surface area contributed by atoms with Gasteiger partial charge in [0, 0.05) is 25.8 Å². The van der Waals surface area contributed by atoms with E-state index in [0.29, 0.717) is 32.0 Å². The summed E-state index contributed by atoms with van der Waals surface area (Å²) in [6.45, 7) is 15.6. The minimum atomic E-state index is -0.382. The number of rotatable bonds is 36. The molecule has 2 aliphatic heterocycles. The molecule has 2 heterocycles. The van der Waals surface area contributed by atoms with Crippen molar-refractivity contribution < 1.29 is 28.5 Å². The van der Waals surface area contributed by atoms with Gasteiger partial charge < -0.3 is 23.8 Å². The SMILES string of the molecule is C=C=C=CC(CCCC)CC(=O)OCCCCCCCCCCC1(CCCCCCCCCCOC(=O)CC(C)CCCC)OCC(CCN2CCCC2)O1. The summed E-state index contributed by atoms with van der Waals surface area (Å²) in [5.74, 6) is 0.0984. The summed E-state index contributed by atoms with van der Waals surface area (Å²) < 4.78 is 24.3. The van der Waals surface area contributed by atoms with Crippen molar-refractivity contribution in [3.63, 3.8) is 0 Å². The molecule has 4 atom stereocenters. The summed E-state index contributed by atoms with van der Waals surface area (Å²) >= 11 is 0. The molecule has 2 saturated heterocycles. The molecule has 0 aliphatic carbocycles. The molecule has 2 aliphatic rings. The van der Waals surface area contributed by atoms with E-state index in [-0.39, 0.29) is 29.7 Å². The van der Waals surface area contributed by atoms with Crippen LogP contribution >= 0.6 is 0 Å². The van der Waals surface area contributed by atoms with Gasteiger partial charge in [-0.25, -0.2) is 0 Å². The van der Waals surface area contributed by atoms with Crippen LogP contribution in [0.4, 0.5) is 0 Å². The van der Waals surface area contributed by atoms with Crippen molar-refractivity contribution in [1.29, 1.82) is 0 Å². The number of nitrogens with zero attached hydrogens (tertiary/aromatic N) is 1. The van der Waals surface area contributed by atoms with Crippen molar-refractivity contribution >= 4 is 11.9 Å². The van der Waals surface area contributed by atoms with Gasteiger partial charge in [-0.2, -0.15) is 0 Å². The molecule has 0 spiro atoms. The van der Waals surface area contributed by atoms with Crippen LogP contribution in [0.3, 0.4) is 0 Å². The topological polar surface area (TPSA) is 74.3 Å². The lowest BCUT2D eigenvalue weighted by Gasteiger charge is -2.29. The predicted molar refractivity (Wildman–Crippen MR) is 227 cm³/mol. The number of unbranched alkanes of at least 4 members (excludes halogenated alkanes) is 16. The van der Waals surface area contributed by atoms with Crippen molar-refractivity contribution in [2.75, 3.05) is 39.5 Å². The Hall–Kier alpha value is -1.88. The Labute approximate surface area is 338 Å². The van der Waals surface area contributed by atoms with E-state index in [0.717, 1.165) is 83.8 Å². The number of esters is 2. The van der Waals surface area contributed by atoms with E-state index < -0.39 is 0 Å². The average molecular weight is 772 g/mol. The molecule has 55 heavy (non-hydrogen) atoms. The summed E-state index contributed by atoms with van der Waals surface area (Å²) in [5.41, 5.74) is 5.58. The number of hydrogen-bond donors (Lipinski definition) is 0. The Morgan fingerprint density at radius 2 is 1.25 bits per heavy atom. The quantitative estimate of drug-likeness (QED) is 0.0357. The molecule has 4 unspecified atom stereocenters. The van der Waals surface area contributed by atoms with E-state index in [2.05, 4.69) is 43.7 Å². The third-order valence-electron chi connectivity index (χ3n) is 11.7. The van der Waals surface area contributed by atoms with Gasteiger partial charge in [0.15, 0.2) is 5.79 Å². The summed E-state index contributed by atoms with van der Waals surface area (Å²) in [6, 6.07) is 0. The van der Waals surface area contributed by atoms with Crippen LogP contribution in [0.25, 0.3) is 0 Å². The molecule has 0 radical (unpaired) electrons. The van der Waals surface area contributed by atoms with Gasteiger partial charge in [-0.15, -0.1) is 0 Å². The lowest BCUT2D eigenvalue weighted by atomic mass is 9.98. The molecule has 2 rings (SSSR count). The van der Waals surface area contributed by atoms with E-state index >= 15 is 0 Å². The normalized spacial score (nSPS) is 19.5. The van der Waals surface area contributed by atoms with Crippen molar-refractivity contribution in [2.45, 2.75) is 219 Å². The van der Waals surface area contributed by atoms with E-state index in [1.165, 1.54) is 116 Å². The molecular formula is C48H85NO6. The smallest absolute Gasteiger partial charge is 0.306 e. The van der Waals surface area contributed by atoms with Crippen LogP contribution in [0.5, 0.6) is 0 Å². The zero-order chi connectivity index (χ0) is 39.7.